The van der Waals surface area contributed by atoms with Gasteiger partial charge in [0.2, 0.25) is 5.95 Å². The first-order valence-electron chi connectivity index (χ1n) is 6.50. The van der Waals surface area contributed by atoms with Gasteiger partial charge in [0, 0.05) is 23.7 Å². The van der Waals surface area contributed by atoms with Crippen LogP contribution in [0.2, 0.25) is 10.0 Å². The first-order valence-corrected chi connectivity index (χ1v) is 8.05. The van der Waals surface area contributed by atoms with Crippen molar-refractivity contribution in [1.29, 1.82) is 0 Å². The topological polar surface area (TPSA) is 76.8 Å². The summed E-state index contributed by atoms with van der Waals surface area (Å²) in [6, 6.07) is 1.67. The number of hydrogen-bond donors (Lipinski definition) is 2. The third kappa shape index (κ3) is 1.98. The van der Waals surface area contributed by atoms with Gasteiger partial charge in [0.1, 0.15) is 17.0 Å². The molecule has 3 aromatic rings. The largest absolute Gasteiger partial charge is 0.491 e. The van der Waals surface area contributed by atoms with Gasteiger partial charge in [0.05, 0.1) is 26.6 Å². The molecule has 112 valence electrons. The number of nitrogens with one attached hydrogen (secondary N) is 1. The molecule has 0 spiro atoms. The van der Waals surface area contributed by atoms with Crippen LogP contribution in [0.5, 0.6) is 5.75 Å². The monoisotopic (exact) mass is 398 g/mol. The maximum Gasteiger partial charge on any atom is 0.221 e. The van der Waals surface area contributed by atoms with Crippen molar-refractivity contribution in [2.45, 2.75) is 6.42 Å². The Hall–Kier alpha value is -1.50. The molecular formula is C14H9BrCl2N4O. The van der Waals surface area contributed by atoms with E-state index in [4.69, 9.17) is 33.7 Å². The summed E-state index contributed by atoms with van der Waals surface area (Å²) in [5.41, 5.74) is 9.71. The SMILES string of the molecule is Nc1nc(-c2c(Cl)cc(Cl)c3c2CCO3)c2[nH]cc(Br)c2n1. The number of H-pyrrole nitrogens is 1. The molecule has 5 nitrogen and oxygen atoms in total. The number of hydrogen-bond acceptors (Lipinski definition) is 4. The van der Waals surface area contributed by atoms with Crippen molar-refractivity contribution in [3.8, 4) is 17.0 Å². The molecule has 0 bridgehead atoms. The Bertz CT molecular complexity index is 925. The van der Waals surface area contributed by atoms with Crippen molar-refractivity contribution in [3.05, 3.63) is 32.3 Å². The molecule has 0 saturated heterocycles. The van der Waals surface area contributed by atoms with E-state index in [2.05, 4.69) is 30.9 Å². The summed E-state index contributed by atoms with van der Waals surface area (Å²) in [7, 11) is 0. The molecule has 0 radical (unpaired) electrons. The summed E-state index contributed by atoms with van der Waals surface area (Å²) in [6.45, 7) is 0.570. The van der Waals surface area contributed by atoms with Crippen molar-refractivity contribution in [1.82, 2.24) is 15.0 Å². The molecule has 22 heavy (non-hydrogen) atoms. The number of nitrogens with zero attached hydrogens (tertiary/aromatic N) is 2. The fourth-order valence-corrected chi connectivity index (χ4v) is 3.78. The van der Waals surface area contributed by atoms with Gasteiger partial charge in [-0.3, -0.25) is 0 Å². The van der Waals surface area contributed by atoms with E-state index in [0.717, 1.165) is 27.5 Å². The first kappa shape index (κ1) is 14.1. The first-order chi connectivity index (χ1) is 10.6. The minimum atomic E-state index is 0.182. The van der Waals surface area contributed by atoms with Crippen molar-refractivity contribution >= 4 is 56.1 Å². The Morgan fingerprint density at radius 1 is 1.27 bits per heavy atom. The molecule has 0 aliphatic carbocycles. The van der Waals surface area contributed by atoms with Crippen molar-refractivity contribution in [2.24, 2.45) is 0 Å². The molecule has 1 aliphatic rings. The Labute approximate surface area is 143 Å². The maximum absolute atomic E-state index is 6.44. The highest BCUT2D eigenvalue weighted by Crippen LogP contribution is 2.45. The number of rotatable bonds is 1. The highest BCUT2D eigenvalue weighted by molar-refractivity contribution is 9.10. The molecule has 0 atom stereocenters. The zero-order valence-electron chi connectivity index (χ0n) is 11.1. The Balaban J connectivity index is 2.11. The van der Waals surface area contributed by atoms with E-state index in [1.165, 1.54) is 0 Å². The Kier molecular flexibility index (Phi) is 3.21. The maximum atomic E-state index is 6.44. The van der Waals surface area contributed by atoms with Crippen molar-refractivity contribution < 1.29 is 4.74 Å². The van der Waals surface area contributed by atoms with E-state index in [-0.39, 0.29) is 5.95 Å². The number of benzene rings is 1. The lowest BCUT2D eigenvalue weighted by Crippen LogP contribution is -1.99. The number of nitrogens with two attached hydrogens (primary N) is 1. The standard InChI is InChI=1S/C14H9BrCl2N4O/c15-6-4-19-12-10(6)20-14(18)21-11(12)9-5-1-2-22-13(5)8(17)3-7(9)16/h3-4,19H,1-2H2,(H2,18,20,21). The van der Waals surface area contributed by atoms with Crippen LogP contribution in [0.25, 0.3) is 22.3 Å². The zero-order chi connectivity index (χ0) is 15.4. The molecule has 2 aromatic heterocycles. The zero-order valence-corrected chi connectivity index (χ0v) is 14.2. The predicted octanol–water partition coefficient (Wildman–Crippen LogP) is 4.21. The summed E-state index contributed by atoms with van der Waals surface area (Å²) in [6.07, 6.45) is 2.51. The van der Waals surface area contributed by atoms with Crippen LogP contribution in [-0.4, -0.2) is 21.6 Å². The molecule has 0 fully saturated rings. The lowest BCUT2D eigenvalue weighted by Gasteiger charge is -2.12. The minimum Gasteiger partial charge on any atom is -0.491 e. The van der Waals surface area contributed by atoms with Crippen LogP contribution in [0.4, 0.5) is 5.95 Å². The van der Waals surface area contributed by atoms with Crippen LogP contribution < -0.4 is 10.5 Å². The Morgan fingerprint density at radius 3 is 2.91 bits per heavy atom. The average Bonchev–Trinajstić information content (AvgIpc) is 3.07. The van der Waals surface area contributed by atoms with Crippen LogP contribution in [0.1, 0.15) is 5.56 Å². The number of ether oxygens (including phenoxy) is 1. The molecule has 8 heteroatoms. The minimum absolute atomic E-state index is 0.182. The van der Waals surface area contributed by atoms with Crippen molar-refractivity contribution in [3.63, 3.8) is 0 Å². The van der Waals surface area contributed by atoms with Crippen LogP contribution in [-0.2, 0) is 6.42 Å². The van der Waals surface area contributed by atoms with Crippen molar-refractivity contribution in [2.75, 3.05) is 12.3 Å². The highest BCUT2D eigenvalue weighted by Gasteiger charge is 2.26. The fourth-order valence-electron chi connectivity index (χ4n) is 2.73. The predicted molar refractivity (Wildman–Crippen MR) is 90.7 cm³/mol. The smallest absolute Gasteiger partial charge is 0.221 e. The van der Waals surface area contributed by atoms with Gasteiger partial charge in [-0.2, -0.15) is 0 Å². The third-order valence-electron chi connectivity index (χ3n) is 3.62. The molecular weight excluding hydrogens is 391 g/mol. The number of fused-ring (bicyclic) bond motifs is 2. The lowest BCUT2D eigenvalue weighted by atomic mass is 10.0. The summed E-state index contributed by atoms with van der Waals surface area (Å²) in [5, 5.41) is 1.02. The molecule has 0 amide bonds. The number of halogens is 3. The van der Waals surface area contributed by atoms with Crippen LogP contribution in [0, 0.1) is 0 Å². The van der Waals surface area contributed by atoms with Crippen LogP contribution >= 0.6 is 39.1 Å². The van der Waals surface area contributed by atoms with Gasteiger partial charge in [-0.25, -0.2) is 9.97 Å². The van der Waals surface area contributed by atoms with E-state index in [1.54, 1.807) is 12.3 Å². The number of aromatic amines is 1. The van der Waals surface area contributed by atoms with E-state index < -0.39 is 0 Å². The number of nitrogen functional groups attached to an aromatic ring is 1. The molecule has 4 rings (SSSR count). The number of anilines is 1. The van der Waals surface area contributed by atoms with E-state index >= 15 is 0 Å². The summed E-state index contributed by atoms with van der Waals surface area (Å²) in [4.78, 5) is 11.8. The van der Waals surface area contributed by atoms with Gasteiger partial charge in [0.25, 0.3) is 0 Å². The van der Waals surface area contributed by atoms with E-state index in [0.29, 0.717) is 33.6 Å². The summed E-state index contributed by atoms with van der Waals surface area (Å²) < 4.78 is 6.42. The van der Waals surface area contributed by atoms with Gasteiger partial charge >= 0.3 is 0 Å². The lowest BCUT2D eigenvalue weighted by molar-refractivity contribution is 0.357. The fraction of sp³-hybridized carbons (Fsp3) is 0.143. The molecule has 1 aliphatic heterocycles. The van der Waals surface area contributed by atoms with Crippen LogP contribution in [0.3, 0.4) is 0 Å². The van der Waals surface area contributed by atoms with E-state index in [1.807, 2.05) is 0 Å². The van der Waals surface area contributed by atoms with Crippen LogP contribution in [0.15, 0.2) is 16.7 Å². The quantitative estimate of drug-likeness (QED) is 0.642. The number of aromatic nitrogens is 3. The average molecular weight is 400 g/mol. The van der Waals surface area contributed by atoms with Gasteiger partial charge in [0.15, 0.2) is 0 Å². The molecule has 0 unspecified atom stereocenters. The molecule has 3 N–H and O–H groups in total. The Morgan fingerprint density at radius 2 is 2.09 bits per heavy atom. The molecule has 3 heterocycles. The van der Waals surface area contributed by atoms with Gasteiger partial charge < -0.3 is 15.5 Å². The second-order valence-corrected chi connectivity index (χ2v) is 6.58. The van der Waals surface area contributed by atoms with Gasteiger partial charge in [-0.15, -0.1) is 0 Å². The third-order valence-corrected chi connectivity index (χ3v) is 4.80. The van der Waals surface area contributed by atoms with E-state index in [9.17, 15) is 0 Å². The molecule has 0 saturated carbocycles. The second kappa shape index (κ2) is 5.01. The molecule has 1 aromatic carbocycles. The normalized spacial score (nSPS) is 13.4. The summed E-state index contributed by atoms with van der Waals surface area (Å²) >= 11 is 16.1. The van der Waals surface area contributed by atoms with Gasteiger partial charge in [-0.05, 0) is 22.0 Å². The second-order valence-electron chi connectivity index (χ2n) is 4.91. The highest BCUT2D eigenvalue weighted by atomic mass is 79.9. The summed E-state index contributed by atoms with van der Waals surface area (Å²) in [5.74, 6) is 0.846. The van der Waals surface area contributed by atoms with Gasteiger partial charge in [-0.1, -0.05) is 23.2 Å².